The highest BCUT2D eigenvalue weighted by Gasteiger charge is 2.15. The van der Waals surface area contributed by atoms with E-state index in [1.807, 2.05) is 30.0 Å². The van der Waals surface area contributed by atoms with Gasteiger partial charge in [0.1, 0.15) is 11.6 Å². The lowest BCUT2D eigenvalue weighted by Crippen LogP contribution is -2.11. The Hall–Kier alpha value is -2.61. The van der Waals surface area contributed by atoms with Crippen LogP contribution in [0, 0.1) is 5.41 Å². The van der Waals surface area contributed by atoms with E-state index in [1.165, 1.54) is 6.21 Å². The van der Waals surface area contributed by atoms with E-state index < -0.39 is 0 Å². The first-order valence-corrected chi connectivity index (χ1v) is 9.43. The van der Waals surface area contributed by atoms with Gasteiger partial charge >= 0.3 is 0 Å². The summed E-state index contributed by atoms with van der Waals surface area (Å²) in [5.74, 6) is 2.99. The Bertz CT molecular complexity index is 875. The highest BCUT2D eigenvalue weighted by atomic mass is 32.2. The molecular formula is C17H21N7S. The van der Waals surface area contributed by atoms with Crippen molar-refractivity contribution < 1.29 is 0 Å². The molecule has 4 N–H and O–H groups in total. The van der Waals surface area contributed by atoms with Crippen LogP contribution in [-0.4, -0.2) is 52.0 Å². The van der Waals surface area contributed by atoms with E-state index in [9.17, 15) is 0 Å². The molecule has 0 fully saturated rings. The molecule has 8 heteroatoms. The zero-order valence-electron chi connectivity index (χ0n) is 14.3. The monoisotopic (exact) mass is 355 g/mol. The number of H-pyrrole nitrogens is 1. The van der Waals surface area contributed by atoms with E-state index in [0.717, 1.165) is 35.2 Å². The first-order chi connectivity index (χ1) is 12.3. The van der Waals surface area contributed by atoms with E-state index in [2.05, 4.69) is 37.1 Å². The molecule has 0 radical (unpaired) electrons. The number of rotatable bonds is 8. The van der Waals surface area contributed by atoms with Crippen molar-refractivity contribution in [2.24, 2.45) is 0 Å². The van der Waals surface area contributed by atoms with E-state index in [1.54, 1.807) is 13.2 Å². The molecule has 0 unspecified atom stereocenters. The summed E-state index contributed by atoms with van der Waals surface area (Å²) in [6.45, 7) is 0.803. The van der Waals surface area contributed by atoms with Crippen molar-refractivity contribution in [3.05, 3.63) is 30.0 Å². The van der Waals surface area contributed by atoms with Gasteiger partial charge in [-0.25, -0.2) is 9.97 Å². The molecule has 0 saturated carbocycles. The van der Waals surface area contributed by atoms with Gasteiger partial charge in [-0.15, -0.1) is 0 Å². The largest absolute Gasteiger partial charge is 0.372 e. The quantitative estimate of drug-likeness (QED) is 0.365. The molecule has 0 aliphatic carbocycles. The molecule has 0 amide bonds. The van der Waals surface area contributed by atoms with Crippen LogP contribution in [0.2, 0.25) is 0 Å². The fourth-order valence-electron chi connectivity index (χ4n) is 2.64. The number of anilines is 2. The molecule has 2 heterocycles. The SMILES string of the molecule is CNc1nc(-c2cccc3[nH]ncc23)nc(NCCCSC)c1C=N. The topological polar surface area (TPSA) is 102 Å². The zero-order valence-corrected chi connectivity index (χ0v) is 15.1. The van der Waals surface area contributed by atoms with Gasteiger partial charge in [-0.2, -0.15) is 16.9 Å². The fourth-order valence-corrected chi connectivity index (χ4v) is 3.07. The van der Waals surface area contributed by atoms with Crippen molar-refractivity contribution in [2.45, 2.75) is 6.42 Å². The number of aromatic amines is 1. The summed E-state index contributed by atoms with van der Waals surface area (Å²) in [4.78, 5) is 9.30. The van der Waals surface area contributed by atoms with Gasteiger partial charge in [-0.05, 0) is 24.5 Å². The Morgan fingerprint density at radius 2 is 2.12 bits per heavy atom. The Labute approximate surface area is 150 Å². The lowest BCUT2D eigenvalue weighted by molar-refractivity contribution is 0.977. The predicted molar refractivity (Wildman–Crippen MR) is 106 cm³/mol. The minimum atomic E-state index is 0.606. The molecule has 0 bridgehead atoms. The number of benzene rings is 1. The van der Waals surface area contributed by atoms with Crippen LogP contribution < -0.4 is 10.6 Å². The summed E-state index contributed by atoms with van der Waals surface area (Å²) in [5, 5.41) is 22.2. The summed E-state index contributed by atoms with van der Waals surface area (Å²) in [5.41, 5.74) is 2.51. The lowest BCUT2D eigenvalue weighted by Gasteiger charge is -2.14. The summed E-state index contributed by atoms with van der Waals surface area (Å²) in [7, 11) is 1.80. The van der Waals surface area contributed by atoms with Crippen LogP contribution in [0.15, 0.2) is 24.4 Å². The van der Waals surface area contributed by atoms with Crippen LogP contribution in [0.3, 0.4) is 0 Å². The lowest BCUT2D eigenvalue weighted by atomic mass is 10.1. The van der Waals surface area contributed by atoms with Crippen LogP contribution in [0.1, 0.15) is 12.0 Å². The molecule has 0 atom stereocenters. The normalized spacial score (nSPS) is 10.8. The third kappa shape index (κ3) is 3.58. The van der Waals surface area contributed by atoms with Crippen LogP contribution in [0.4, 0.5) is 11.6 Å². The molecule has 130 valence electrons. The predicted octanol–water partition coefficient (Wildman–Crippen LogP) is 3.22. The van der Waals surface area contributed by atoms with E-state index in [-0.39, 0.29) is 0 Å². The van der Waals surface area contributed by atoms with Crippen molar-refractivity contribution in [1.29, 1.82) is 5.41 Å². The Balaban J connectivity index is 2.05. The second-order valence-corrected chi connectivity index (χ2v) is 6.45. The highest BCUT2D eigenvalue weighted by Crippen LogP contribution is 2.29. The number of fused-ring (bicyclic) bond motifs is 1. The van der Waals surface area contributed by atoms with Gasteiger partial charge in [-0.1, -0.05) is 12.1 Å². The molecule has 0 saturated heterocycles. The van der Waals surface area contributed by atoms with Crippen molar-refractivity contribution in [2.75, 3.05) is 36.2 Å². The van der Waals surface area contributed by atoms with Gasteiger partial charge in [0, 0.05) is 30.8 Å². The molecule has 7 nitrogen and oxygen atoms in total. The number of thioether (sulfide) groups is 1. The number of hydrogen-bond donors (Lipinski definition) is 4. The summed E-state index contributed by atoms with van der Waals surface area (Å²) in [6, 6.07) is 5.90. The second kappa shape index (κ2) is 7.98. The number of nitrogens with zero attached hydrogens (tertiary/aromatic N) is 3. The van der Waals surface area contributed by atoms with E-state index in [0.29, 0.717) is 23.0 Å². The molecule has 2 aromatic heterocycles. The first-order valence-electron chi connectivity index (χ1n) is 8.04. The maximum Gasteiger partial charge on any atom is 0.164 e. The van der Waals surface area contributed by atoms with Crippen LogP contribution >= 0.6 is 11.8 Å². The number of nitrogens with one attached hydrogen (secondary N) is 4. The number of aromatic nitrogens is 4. The summed E-state index contributed by atoms with van der Waals surface area (Å²) >= 11 is 1.82. The number of hydrogen-bond acceptors (Lipinski definition) is 7. The molecule has 0 aliphatic heterocycles. The van der Waals surface area contributed by atoms with Crippen molar-refractivity contribution in [1.82, 2.24) is 20.2 Å². The fraction of sp³-hybridized carbons (Fsp3) is 0.294. The van der Waals surface area contributed by atoms with Crippen molar-refractivity contribution >= 4 is 40.5 Å². The molecule has 1 aromatic carbocycles. The van der Waals surface area contributed by atoms with Gasteiger partial charge in [0.15, 0.2) is 5.82 Å². The van der Waals surface area contributed by atoms with Crippen LogP contribution in [0.25, 0.3) is 22.3 Å². The van der Waals surface area contributed by atoms with Gasteiger partial charge in [0.05, 0.1) is 17.3 Å². The zero-order chi connectivity index (χ0) is 17.6. The maximum atomic E-state index is 7.72. The highest BCUT2D eigenvalue weighted by molar-refractivity contribution is 7.98. The van der Waals surface area contributed by atoms with Crippen LogP contribution in [-0.2, 0) is 0 Å². The van der Waals surface area contributed by atoms with E-state index in [4.69, 9.17) is 5.41 Å². The second-order valence-electron chi connectivity index (χ2n) is 5.46. The Kier molecular flexibility index (Phi) is 5.49. The van der Waals surface area contributed by atoms with Gasteiger partial charge in [-0.3, -0.25) is 5.10 Å². The van der Waals surface area contributed by atoms with Gasteiger partial charge in [0.2, 0.25) is 0 Å². The molecule has 3 aromatic rings. The smallest absolute Gasteiger partial charge is 0.164 e. The third-order valence-electron chi connectivity index (χ3n) is 3.87. The molecule has 25 heavy (non-hydrogen) atoms. The first kappa shape index (κ1) is 17.2. The third-order valence-corrected chi connectivity index (χ3v) is 4.57. The standard InChI is InChI=1S/C17H21N7S/c1-19-15-12(9-18)16(20-7-4-8-25-2)23-17(22-15)11-5-3-6-14-13(11)10-21-24-14/h3,5-6,9-10,18H,4,7-8H2,1-2H3,(H,21,24)(H2,19,20,22,23). The Morgan fingerprint density at radius 3 is 2.88 bits per heavy atom. The maximum absolute atomic E-state index is 7.72. The summed E-state index contributed by atoms with van der Waals surface area (Å²) < 4.78 is 0. The minimum Gasteiger partial charge on any atom is -0.372 e. The molecule has 0 aliphatic rings. The van der Waals surface area contributed by atoms with E-state index >= 15 is 0 Å². The Morgan fingerprint density at radius 1 is 1.28 bits per heavy atom. The molecular weight excluding hydrogens is 334 g/mol. The average Bonchev–Trinajstić information content (AvgIpc) is 3.13. The van der Waals surface area contributed by atoms with Crippen molar-refractivity contribution in [3.8, 4) is 11.4 Å². The van der Waals surface area contributed by atoms with Gasteiger partial charge < -0.3 is 16.0 Å². The van der Waals surface area contributed by atoms with Gasteiger partial charge in [0.25, 0.3) is 0 Å². The molecule has 0 spiro atoms. The van der Waals surface area contributed by atoms with Crippen LogP contribution in [0.5, 0.6) is 0 Å². The summed E-state index contributed by atoms with van der Waals surface area (Å²) in [6.07, 6.45) is 6.19. The average molecular weight is 355 g/mol. The molecule has 3 rings (SSSR count). The van der Waals surface area contributed by atoms with Crippen molar-refractivity contribution in [3.63, 3.8) is 0 Å². The minimum absolute atomic E-state index is 0.606.